The van der Waals surface area contributed by atoms with E-state index in [1.807, 2.05) is 18.2 Å². The van der Waals surface area contributed by atoms with Crippen LogP contribution in [0.4, 0.5) is 0 Å². The van der Waals surface area contributed by atoms with Gasteiger partial charge in [-0.05, 0) is 23.8 Å². The summed E-state index contributed by atoms with van der Waals surface area (Å²) in [5, 5.41) is 0. The van der Waals surface area contributed by atoms with Crippen LogP contribution in [-0.2, 0) is 9.53 Å². The topological polar surface area (TPSA) is 52.6 Å². The molecule has 0 aliphatic rings. The predicted molar refractivity (Wildman–Crippen MR) is 88.4 cm³/mol. The zero-order valence-corrected chi connectivity index (χ0v) is 12.9. The molecule has 0 radical (unpaired) electrons. The van der Waals surface area contributed by atoms with Crippen molar-refractivity contribution in [1.29, 1.82) is 0 Å². The monoisotopic (exact) mass is 310 g/mol. The van der Waals surface area contributed by atoms with Crippen LogP contribution in [0.5, 0.6) is 5.75 Å². The molecule has 0 saturated heterocycles. The molecular weight excluding hydrogens is 292 g/mol. The summed E-state index contributed by atoms with van der Waals surface area (Å²) >= 11 is 0. The zero-order valence-electron chi connectivity index (χ0n) is 12.9. The number of ketones is 1. The Hall–Kier alpha value is -2.72. The normalized spacial score (nSPS) is 10.7. The van der Waals surface area contributed by atoms with Gasteiger partial charge in [-0.25, -0.2) is 0 Å². The number of carbonyl (C=O) groups is 2. The lowest BCUT2D eigenvalue weighted by molar-refractivity contribution is -0.135. The van der Waals surface area contributed by atoms with Crippen molar-refractivity contribution in [3.63, 3.8) is 0 Å². The molecule has 4 heteroatoms. The Bertz CT molecular complexity index is 672. The fourth-order valence-electron chi connectivity index (χ4n) is 1.89. The van der Waals surface area contributed by atoms with Gasteiger partial charge < -0.3 is 9.47 Å². The highest BCUT2D eigenvalue weighted by Gasteiger charge is 2.04. The van der Waals surface area contributed by atoms with Crippen molar-refractivity contribution >= 4 is 17.8 Å². The molecule has 0 saturated carbocycles. The van der Waals surface area contributed by atoms with Gasteiger partial charge in [0.05, 0.1) is 13.0 Å². The molecule has 4 nitrogen and oxygen atoms in total. The maximum atomic E-state index is 12.0. The van der Waals surface area contributed by atoms with Gasteiger partial charge in [0.1, 0.15) is 5.75 Å². The van der Waals surface area contributed by atoms with Gasteiger partial charge in [0.15, 0.2) is 5.78 Å². The van der Waals surface area contributed by atoms with E-state index in [0.29, 0.717) is 17.9 Å². The summed E-state index contributed by atoms with van der Waals surface area (Å²) in [6.45, 7) is 0.335. The third-order valence-corrected chi connectivity index (χ3v) is 3.11. The number of carbonyl (C=O) groups excluding carboxylic acids is 2. The maximum Gasteiger partial charge on any atom is 0.313 e. The van der Waals surface area contributed by atoms with Gasteiger partial charge >= 0.3 is 5.97 Å². The number of esters is 1. The largest absolute Gasteiger partial charge is 0.426 e. The lowest BCUT2D eigenvalue weighted by Crippen LogP contribution is -2.10. The van der Waals surface area contributed by atoms with E-state index >= 15 is 0 Å². The molecule has 0 aliphatic carbocycles. The molecule has 0 amide bonds. The van der Waals surface area contributed by atoms with Crippen molar-refractivity contribution in [2.45, 2.75) is 6.42 Å². The fourth-order valence-corrected chi connectivity index (χ4v) is 1.89. The predicted octanol–water partition coefficient (Wildman–Crippen LogP) is 3.52. The molecule has 0 fully saturated rings. The van der Waals surface area contributed by atoms with Crippen LogP contribution in [-0.4, -0.2) is 25.5 Å². The number of methoxy groups -OCH3 is 1. The van der Waals surface area contributed by atoms with Crippen LogP contribution in [0, 0.1) is 0 Å². The Balaban J connectivity index is 1.93. The molecule has 118 valence electrons. The van der Waals surface area contributed by atoms with Crippen molar-refractivity contribution < 1.29 is 19.1 Å². The molecule has 2 rings (SSSR count). The maximum absolute atomic E-state index is 12.0. The van der Waals surface area contributed by atoms with Gasteiger partial charge in [0.25, 0.3) is 0 Å². The first kappa shape index (κ1) is 16.6. The summed E-state index contributed by atoms with van der Waals surface area (Å²) in [5.41, 5.74) is 1.50. The Morgan fingerprint density at radius 2 is 1.70 bits per heavy atom. The molecule has 0 atom stereocenters. The van der Waals surface area contributed by atoms with E-state index < -0.39 is 0 Å². The third-order valence-electron chi connectivity index (χ3n) is 3.11. The van der Waals surface area contributed by atoms with Crippen molar-refractivity contribution in [3.8, 4) is 5.75 Å². The molecule has 23 heavy (non-hydrogen) atoms. The van der Waals surface area contributed by atoms with Gasteiger partial charge in [0.2, 0.25) is 0 Å². The Morgan fingerprint density at radius 3 is 2.35 bits per heavy atom. The highest BCUT2D eigenvalue weighted by Crippen LogP contribution is 2.14. The number of hydrogen-bond donors (Lipinski definition) is 0. The highest BCUT2D eigenvalue weighted by atomic mass is 16.5. The first-order chi connectivity index (χ1) is 11.2. The van der Waals surface area contributed by atoms with E-state index in [1.165, 1.54) is 13.2 Å². The first-order valence-electron chi connectivity index (χ1n) is 7.26. The molecule has 2 aromatic rings. The lowest BCUT2D eigenvalue weighted by atomic mass is 10.1. The van der Waals surface area contributed by atoms with Crippen LogP contribution in [0.25, 0.3) is 6.08 Å². The van der Waals surface area contributed by atoms with E-state index in [2.05, 4.69) is 0 Å². The van der Waals surface area contributed by atoms with Gasteiger partial charge in [-0.15, -0.1) is 0 Å². The molecule has 0 bridgehead atoms. The Labute approximate surface area is 135 Å². The number of hydrogen-bond acceptors (Lipinski definition) is 4. The van der Waals surface area contributed by atoms with Crippen LogP contribution >= 0.6 is 0 Å². The number of ether oxygens (including phenoxy) is 2. The SMILES string of the molecule is COCCC(=O)Oc1ccc(C=CC(=O)c2ccccc2)cc1. The van der Waals surface area contributed by atoms with Crippen LogP contribution in [0.3, 0.4) is 0 Å². The summed E-state index contributed by atoms with van der Waals surface area (Å²) in [6, 6.07) is 16.0. The minimum absolute atomic E-state index is 0.0549. The quantitative estimate of drug-likeness (QED) is 0.340. The van der Waals surface area contributed by atoms with E-state index in [1.54, 1.807) is 42.5 Å². The average Bonchev–Trinajstić information content (AvgIpc) is 2.60. The Morgan fingerprint density at radius 1 is 1.00 bits per heavy atom. The van der Waals surface area contributed by atoms with Gasteiger partial charge in [-0.3, -0.25) is 9.59 Å². The van der Waals surface area contributed by atoms with Crippen molar-refractivity contribution in [2.75, 3.05) is 13.7 Å². The minimum Gasteiger partial charge on any atom is -0.426 e. The number of rotatable bonds is 7. The summed E-state index contributed by atoms with van der Waals surface area (Å²) in [7, 11) is 1.53. The molecule has 0 N–H and O–H groups in total. The van der Waals surface area contributed by atoms with Crippen LogP contribution < -0.4 is 4.74 Å². The van der Waals surface area contributed by atoms with Crippen LogP contribution in [0.15, 0.2) is 60.7 Å². The molecule has 0 unspecified atom stereocenters. The molecular formula is C19H18O4. The minimum atomic E-state index is -0.339. The molecule has 0 heterocycles. The Kier molecular flexibility index (Phi) is 6.27. The number of allylic oxidation sites excluding steroid dienone is 1. The van der Waals surface area contributed by atoms with Crippen molar-refractivity contribution in [3.05, 3.63) is 71.8 Å². The summed E-state index contributed by atoms with van der Waals surface area (Å²) < 4.78 is 9.97. The van der Waals surface area contributed by atoms with Gasteiger partial charge in [0, 0.05) is 12.7 Å². The van der Waals surface area contributed by atoms with E-state index in [4.69, 9.17) is 9.47 Å². The van der Waals surface area contributed by atoms with E-state index in [9.17, 15) is 9.59 Å². The van der Waals surface area contributed by atoms with Gasteiger partial charge in [-0.1, -0.05) is 48.5 Å². The standard InChI is InChI=1S/C19H18O4/c1-22-14-13-19(21)23-17-10-7-15(8-11-17)9-12-18(20)16-5-3-2-4-6-16/h2-12H,13-14H2,1H3. The van der Waals surface area contributed by atoms with E-state index in [0.717, 1.165) is 5.56 Å². The van der Waals surface area contributed by atoms with Crippen molar-refractivity contribution in [2.24, 2.45) is 0 Å². The summed E-state index contributed by atoms with van der Waals surface area (Å²) in [5.74, 6) is 0.0766. The molecule has 0 aliphatic heterocycles. The average molecular weight is 310 g/mol. The van der Waals surface area contributed by atoms with Gasteiger partial charge in [-0.2, -0.15) is 0 Å². The van der Waals surface area contributed by atoms with Crippen molar-refractivity contribution in [1.82, 2.24) is 0 Å². The third kappa shape index (κ3) is 5.52. The smallest absolute Gasteiger partial charge is 0.313 e. The molecule has 2 aromatic carbocycles. The van der Waals surface area contributed by atoms with Crippen LogP contribution in [0.1, 0.15) is 22.3 Å². The fraction of sp³-hybridized carbons (Fsp3) is 0.158. The summed E-state index contributed by atoms with van der Waals surface area (Å²) in [4.78, 5) is 23.4. The molecule has 0 spiro atoms. The summed E-state index contributed by atoms with van der Waals surface area (Å²) in [6.07, 6.45) is 3.46. The second-order valence-corrected chi connectivity index (χ2v) is 4.85. The molecule has 0 aromatic heterocycles. The first-order valence-corrected chi connectivity index (χ1v) is 7.26. The highest BCUT2D eigenvalue weighted by molar-refractivity contribution is 6.06. The van der Waals surface area contributed by atoms with Crippen LogP contribution in [0.2, 0.25) is 0 Å². The second-order valence-electron chi connectivity index (χ2n) is 4.85. The number of benzene rings is 2. The second kappa shape index (κ2) is 8.66. The lowest BCUT2D eigenvalue weighted by Gasteiger charge is -2.04. The van der Waals surface area contributed by atoms with E-state index in [-0.39, 0.29) is 18.2 Å². The zero-order chi connectivity index (χ0) is 16.5.